The minimum Gasteiger partial charge on any atom is -0.496 e. The molecule has 4 aliphatic rings. The summed E-state index contributed by atoms with van der Waals surface area (Å²) < 4.78 is 53.0. The highest BCUT2D eigenvalue weighted by Gasteiger charge is 2.63. The molecule has 1 aliphatic heterocycles. The van der Waals surface area contributed by atoms with Gasteiger partial charge in [0.25, 0.3) is 5.91 Å². The molecule has 45 heavy (non-hydrogen) atoms. The zero-order valence-electron chi connectivity index (χ0n) is 24.5. The molecule has 0 radical (unpaired) electrons. The monoisotopic (exact) mass is 621 g/mol. The number of fused-ring (bicyclic) bond motifs is 1. The third kappa shape index (κ3) is 4.83. The largest absolute Gasteiger partial charge is 0.496 e. The van der Waals surface area contributed by atoms with Gasteiger partial charge < -0.3 is 25.4 Å². The minimum absolute atomic E-state index is 0.0647. The third-order valence-electron chi connectivity index (χ3n) is 9.13. The predicted molar refractivity (Wildman–Crippen MR) is 156 cm³/mol. The summed E-state index contributed by atoms with van der Waals surface area (Å²) in [5.74, 6) is 0.955. The molecule has 8 rings (SSSR count). The highest BCUT2D eigenvalue weighted by molar-refractivity contribution is 6.04. The minimum atomic E-state index is -4.58. The number of imidazole rings is 1. The number of hydrogen-bond donors (Lipinski definition) is 2. The number of nitrogens with one attached hydrogen (secondary N) is 1. The van der Waals surface area contributed by atoms with Gasteiger partial charge in [0, 0.05) is 29.7 Å². The van der Waals surface area contributed by atoms with Crippen LogP contribution in [-0.4, -0.2) is 62.4 Å². The van der Waals surface area contributed by atoms with Crippen LogP contribution in [0.25, 0.3) is 16.8 Å². The number of pyridine rings is 1. The van der Waals surface area contributed by atoms with E-state index >= 15 is 0 Å². The van der Waals surface area contributed by atoms with Gasteiger partial charge in [-0.15, -0.1) is 0 Å². The second kappa shape index (κ2) is 10.4. The number of methoxy groups -OCH3 is 1. The maximum Gasteiger partial charge on any atom is 0.416 e. The highest BCUT2D eigenvalue weighted by Crippen LogP contribution is 2.65. The molecule has 0 unspecified atom stereocenters. The number of morpholine rings is 1. The molecule has 2 atom stereocenters. The summed E-state index contributed by atoms with van der Waals surface area (Å²) in [5.41, 5.74) is 6.75. The Morgan fingerprint density at radius 2 is 1.91 bits per heavy atom. The number of nitrogens with zero attached hydrogens (tertiary/aromatic N) is 5. The number of aromatic nitrogens is 4. The molecule has 3 N–H and O–H groups in total. The molecule has 4 heterocycles. The zero-order valence-corrected chi connectivity index (χ0v) is 24.5. The second-order valence-corrected chi connectivity index (χ2v) is 12.0. The van der Waals surface area contributed by atoms with Crippen molar-refractivity contribution in [2.75, 3.05) is 31.3 Å². The van der Waals surface area contributed by atoms with E-state index in [9.17, 15) is 22.8 Å². The van der Waals surface area contributed by atoms with E-state index in [-0.39, 0.29) is 40.3 Å². The van der Waals surface area contributed by atoms with Crippen molar-refractivity contribution in [3.05, 3.63) is 65.9 Å². The van der Waals surface area contributed by atoms with Crippen molar-refractivity contribution in [1.29, 1.82) is 0 Å². The lowest BCUT2D eigenvalue weighted by Gasteiger charge is -2.62. The fraction of sp³-hybridized carbons (Fsp3) is 0.387. The Balaban J connectivity index is 1.20. The first kappa shape index (κ1) is 29.0. The summed E-state index contributed by atoms with van der Waals surface area (Å²) in [6.07, 6.45) is 2.03. The molecule has 2 bridgehead atoms. The van der Waals surface area contributed by atoms with Gasteiger partial charge in [-0.25, -0.2) is 15.0 Å². The van der Waals surface area contributed by atoms with E-state index in [0.717, 1.165) is 37.6 Å². The number of nitrogens with two attached hydrogens (primary N) is 1. The van der Waals surface area contributed by atoms with E-state index < -0.39 is 23.8 Å². The summed E-state index contributed by atoms with van der Waals surface area (Å²) in [6, 6.07) is 6.09. The highest BCUT2D eigenvalue weighted by atomic mass is 19.4. The molecule has 2 amide bonds. The standard InChI is InChI=1S/C31H30F3N7O4/c1-16-15-45-22(14-41(16)29(43)30-11-17(12-30)13-30)27-39-24(25-26(35)37-7-8-40(25)27)20-4-3-18(9-21(20)44-2)28(42)38-23-10-19(5-6-36-23)31(32,33)34/h3-10,16-17,22H,11-15H2,1-2H3,(H2,35,37)(H,36,38,42)/t16-,17?,22+,30?/m0/s1. The molecule has 14 heteroatoms. The average molecular weight is 622 g/mol. The zero-order chi connectivity index (χ0) is 31.7. The smallest absolute Gasteiger partial charge is 0.416 e. The Kier molecular flexibility index (Phi) is 6.73. The van der Waals surface area contributed by atoms with Gasteiger partial charge in [-0.3, -0.25) is 14.0 Å². The number of ether oxygens (including phenoxy) is 2. The van der Waals surface area contributed by atoms with E-state index in [2.05, 4.69) is 15.3 Å². The lowest BCUT2D eigenvalue weighted by molar-refractivity contribution is -0.188. The average Bonchev–Trinajstić information content (AvgIpc) is 3.36. The van der Waals surface area contributed by atoms with Gasteiger partial charge in [0.05, 0.1) is 37.3 Å². The molecular weight excluding hydrogens is 591 g/mol. The van der Waals surface area contributed by atoms with E-state index in [1.54, 1.807) is 22.9 Å². The normalized spacial score (nSPS) is 24.1. The van der Waals surface area contributed by atoms with Crippen LogP contribution >= 0.6 is 0 Å². The first-order valence-corrected chi connectivity index (χ1v) is 14.6. The predicted octanol–water partition coefficient (Wildman–Crippen LogP) is 4.74. The van der Waals surface area contributed by atoms with Crippen molar-refractivity contribution in [1.82, 2.24) is 24.3 Å². The summed E-state index contributed by atoms with van der Waals surface area (Å²) in [5, 5.41) is 2.40. The second-order valence-electron chi connectivity index (χ2n) is 12.0. The number of carbonyl (C=O) groups is 2. The number of benzene rings is 1. The molecule has 234 valence electrons. The molecule has 3 aromatic heterocycles. The van der Waals surface area contributed by atoms with Crippen LogP contribution in [0.5, 0.6) is 5.75 Å². The number of halogens is 3. The molecule has 0 spiro atoms. The molecule has 4 fully saturated rings. The molecule has 3 saturated carbocycles. The van der Waals surface area contributed by atoms with Crippen molar-refractivity contribution >= 4 is 29.0 Å². The van der Waals surface area contributed by atoms with Crippen LogP contribution in [0.2, 0.25) is 0 Å². The van der Waals surface area contributed by atoms with Gasteiger partial charge in [0.1, 0.15) is 40.5 Å². The number of amides is 2. The van der Waals surface area contributed by atoms with Gasteiger partial charge in [-0.05, 0) is 62.4 Å². The summed E-state index contributed by atoms with van der Waals surface area (Å²) >= 11 is 0. The molecule has 1 saturated heterocycles. The van der Waals surface area contributed by atoms with E-state index in [4.69, 9.17) is 20.2 Å². The van der Waals surface area contributed by atoms with Gasteiger partial charge in [-0.2, -0.15) is 13.2 Å². The van der Waals surface area contributed by atoms with Crippen LogP contribution in [0, 0.1) is 11.3 Å². The number of alkyl halides is 3. The number of carbonyl (C=O) groups excluding carboxylic acids is 2. The SMILES string of the molecule is COc1cc(C(=O)Nc2cc(C(F)(F)F)ccn2)ccc1-c1nc([C@H]2CN(C(=O)C34CC(C3)C4)[C@@H](C)CO2)n2ccnc(N)c12. The van der Waals surface area contributed by atoms with Gasteiger partial charge in [-0.1, -0.05) is 0 Å². The first-order chi connectivity index (χ1) is 21.5. The Bertz CT molecular complexity index is 1820. The summed E-state index contributed by atoms with van der Waals surface area (Å²) in [6.45, 7) is 2.68. The molecule has 4 aromatic rings. The quantitative estimate of drug-likeness (QED) is 0.315. The first-order valence-electron chi connectivity index (χ1n) is 14.6. The lowest BCUT2D eigenvalue weighted by Crippen LogP contribution is -2.64. The third-order valence-corrected chi connectivity index (χ3v) is 9.13. The molecular formula is C31H30F3N7O4. The molecule has 11 nitrogen and oxygen atoms in total. The summed E-state index contributed by atoms with van der Waals surface area (Å²) in [7, 11) is 1.43. The number of rotatable bonds is 6. The van der Waals surface area contributed by atoms with Crippen LogP contribution < -0.4 is 15.8 Å². The van der Waals surface area contributed by atoms with Crippen molar-refractivity contribution in [3.63, 3.8) is 0 Å². The maximum atomic E-state index is 13.5. The molecule has 1 aromatic carbocycles. The van der Waals surface area contributed by atoms with Crippen LogP contribution in [0.1, 0.15) is 54.0 Å². The van der Waals surface area contributed by atoms with E-state index in [1.165, 1.54) is 19.2 Å². The van der Waals surface area contributed by atoms with Gasteiger partial charge >= 0.3 is 6.18 Å². The Morgan fingerprint density at radius 3 is 2.60 bits per heavy atom. The number of anilines is 2. The Labute approximate surface area is 255 Å². The van der Waals surface area contributed by atoms with Crippen molar-refractivity contribution < 1.29 is 32.2 Å². The summed E-state index contributed by atoms with van der Waals surface area (Å²) in [4.78, 5) is 41.5. The topological polar surface area (TPSA) is 137 Å². The number of nitrogen functional groups attached to an aromatic ring is 1. The van der Waals surface area contributed by atoms with Crippen LogP contribution in [0.15, 0.2) is 48.9 Å². The Morgan fingerprint density at radius 1 is 1.13 bits per heavy atom. The van der Waals surface area contributed by atoms with Crippen molar-refractivity contribution in [2.45, 2.75) is 44.5 Å². The van der Waals surface area contributed by atoms with Crippen LogP contribution in [0.4, 0.5) is 24.8 Å². The Hall–Kier alpha value is -4.72. The van der Waals surface area contributed by atoms with Gasteiger partial charge in [0.15, 0.2) is 0 Å². The lowest BCUT2D eigenvalue weighted by atomic mass is 9.44. The van der Waals surface area contributed by atoms with Crippen LogP contribution in [-0.2, 0) is 15.7 Å². The van der Waals surface area contributed by atoms with Gasteiger partial charge in [0.2, 0.25) is 5.91 Å². The number of hydrogen-bond acceptors (Lipinski definition) is 8. The van der Waals surface area contributed by atoms with Crippen LogP contribution in [0.3, 0.4) is 0 Å². The fourth-order valence-corrected chi connectivity index (χ4v) is 6.63. The van der Waals surface area contributed by atoms with E-state index in [1.807, 2.05) is 11.8 Å². The maximum absolute atomic E-state index is 13.5. The molecule has 3 aliphatic carbocycles. The fourth-order valence-electron chi connectivity index (χ4n) is 6.63. The van der Waals surface area contributed by atoms with E-state index in [0.29, 0.717) is 41.7 Å². The van der Waals surface area contributed by atoms with Crippen molar-refractivity contribution in [2.24, 2.45) is 11.3 Å². The van der Waals surface area contributed by atoms with Crippen molar-refractivity contribution in [3.8, 4) is 17.0 Å².